The lowest BCUT2D eigenvalue weighted by atomic mass is 10.2. The van der Waals surface area contributed by atoms with E-state index in [1.807, 2.05) is 67.6 Å². The molecule has 0 N–H and O–H groups in total. The molecule has 2 aromatic rings. The zero-order valence-electron chi connectivity index (χ0n) is 15.1. The molecule has 3 rings (SSSR count). The maximum atomic E-state index is 12.4. The molecule has 0 aromatic heterocycles. The second kappa shape index (κ2) is 9.58. The molecule has 140 valence electrons. The summed E-state index contributed by atoms with van der Waals surface area (Å²) in [5.41, 5.74) is 0.873. The van der Waals surface area contributed by atoms with Crippen LogP contribution in [-0.2, 0) is 4.79 Å². The average Bonchev–Trinajstić information content (AvgIpc) is 2.96. The van der Waals surface area contributed by atoms with Crippen LogP contribution in [0.5, 0.6) is 11.5 Å². The Hall–Kier alpha value is -2.31. The van der Waals surface area contributed by atoms with Crippen LogP contribution in [0.4, 0.5) is 0 Å². The van der Waals surface area contributed by atoms with E-state index in [4.69, 9.17) is 21.7 Å². The lowest BCUT2D eigenvalue weighted by molar-refractivity contribution is -0.121. The topological polar surface area (TPSA) is 38.8 Å². The lowest BCUT2D eigenvalue weighted by Crippen LogP contribution is -2.27. The number of ether oxygens (including phenoxy) is 2. The summed E-state index contributed by atoms with van der Waals surface area (Å²) in [6, 6.07) is 17.4. The molecule has 0 saturated carbocycles. The minimum atomic E-state index is -0.0430. The molecule has 1 fully saturated rings. The Morgan fingerprint density at radius 1 is 1.04 bits per heavy atom. The van der Waals surface area contributed by atoms with Gasteiger partial charge >= 0.3 is 0 Å². The van der Waals surface area contributed by atoms with Gasteiger partial charge in [0.25, 0.3) is 5.91 Å². The number of likely N-dealkylation sites (N-methyl/N-ethyl adjacent to an activating group) is 1. The Bertz CT molecular complexity index is 836. The molecule has 1 amide bonds. The number of hydrogen-bond acceptors (Lipinski definition) is 5. The van der Waals surface area contributed by atoms with Crippen LogP contribution in [-0.4, -0.2) is 34.9 Å². The van der Waals surface area contributed by atoms with Crippen LogP contribution in [0.1, 0.15) is 18.9 Å². The Morgan fingerprint density at radius 3 is 2.48 bits per heavy atom. The van der Waals surface area contributed by atoms with E-state index in [0.29, 0.717) is 29.0 Å². The number of para-hydroxylation sites is 2. The van der Waals surface area contributed by atoms with Gasteiger partial charge in [-0.25, -0.2) is 0 Å². The summed E-state index contributed by atoms with van der Waals surface area (Å²) < 4.78 is 12.2. The Kier molecular flexibility index (Phi) is 6.90. The zero-order chi connectivity index (χ0) is 19.1. The fraction of sp³-hybridized carbons (Fsp3) is 0.238. The van der Waals surface area contributed by atoms with Crippen LogP contribution in [0.15, 0.2) is 59.5 Å². The summed E-state index contributed by atoms with van der Waals surface area (Å²) in [4.78, 5) is 14.6. The van der Waals surface area contributed by atoms with Crippen molar-refractivity contribution in [1.29, 1.82) is 0 Å². The van der Waals surface area contributed by atoms with Crippen molar-refractivity contribution in [2.24, 2.45) is 0 Å². The van der Waals surface area contributed by atoms with E-state index in [1.54, 1.807) is 4.90 Å². The van der Waals surface area contributed by atoms with Gasteiger partial charge in [-0.3, -0.25) is 9.69 Å². The molecule has 0 atom stereocenters. The van der Waals surface area contributed by atoms with E-state index < -0.39 is 0 Å². The second-order valence-electron chi connectivity index (χ2n) is 5.83. The number of thiocarbonyl (C=S) groups is 1. The number of amides is 1. The molecule has 27 heavy (non-hydrogen) atoms. The standard InChI is InChI=1S/C21H21NO3S2/c1-2-22-20(23)19(27-21(22)26)15-16-9-6-7-12-18(16)25-14-8-13-24-17-10-4-3-5-11-17/h3-7,9-12,15H,2,8,13-14H2,1H3/b19-15-. The monoisotopic (exact) mass is 399 g/mol. The maximum absolute atomic E-state index is 12.4. The van der Waals surface area contributed by atoms with Gasteiger partial charge in [0.05, 0.1) is 18.1 Å². The van der Waals surface area contributed by atoms with Gasteiger partial charge in [0.1, 0.15) is 15.8 Å². The Balaban J connectivity index is 1.57. The first-order chi connectivity index (χ1) is 13.2. The number of carbonyl (C=O) groups is 1. The van der Waals surface area contributed by atoms with Crippen LogP contribution < -0.4 is 9.47 Å². The van der Waals surface area contributed by atoms with E-state index in [0.717, 1.165) is 23.5 Å². The van der Waals surface area contributed by atoms with Crippen molar-refractivity contribution in [2.75, 3.05) is 19.8 Å². The van der Waals surface area contributed by atoms with E-state index >= 15 is 0 Å². The normalized spacial score (nSPS) is 15.4. The Labute approximate surface area is 169 Å². The summed E-state index contributed by atoms with van der Waals surface area (Å²) in [5, 5.41) is 0. The fourth-order valence-corrected chi connectivity index (χ4v) is 3.97. The van der Waals surface area contributed by atoms with Gasteiger partial charge in [0.2, 0.25) is 0 Å². The van der Waals surface area contributed by atoms with E-state index in [-0.39, 0.29) is 5.91 Å². The second-order valence-corrected chi connectivity index (χ2v) is 7.50. The summed E-state index contributed by atoms with van der Waals surface area (Å²) in [6.45, 7) is 3.62. The third kappa shape index (κ3) is 5.11. The number of hydrogen-bond donors (Lipinski definition) is 0. The highest BCUT2D eigenvalue weighted by Gasteiger charge is 2.30. The van der Waals surface area contributed by atoms with Crippen LogP contribution in [0, 0.1) is 0 Å². The third-order valence-corrected chi connectivity index (χ3v) is 5.33. The molecule has 1 heterocycles. The van der Waals surface area contributed by atoms with Crippen molar-refractivity contribution in [3.8, 4) is 11.5 Å². The van der Waals surface area contributed by atoms with Crippen LogP contribution in [0.3, 0.4) is 0 Å². The molecule has 0 spiro atoms. The number of thioether (sulfide) groups is 1. The van der Waals surface area contributed by atoms with Crippen LogP contribution >= 0.6 is 24.0 Å². The quantitative estimate of drug-likeness (QED) is 0.364. The fourth-order valence-electron chi connectivity index (χ4n) is 2.59. The molecular formula is C21H21NO3S2. The molecule has 1 aliphatic heterocycles. The van der Waals surface area contributed by atoms with Gasteiger partial charge in [0.15, 0.2) is 0 Å². The van der Waals surface area contributed by atoms with E-state index in [9.17, 15) is 4.79 Å². The predicted octanol–water partition coefficient (Wildman–Crippen LogP) is 4.76. The summed E-state index contributed by atoms with van der Waals surface area (Å²) >= 11 is 6.60. The molecular weight excluding hydrogens is 378 g/mol. The van der Waals surface area contributed by atoms with Crippen molar-refractivity contribution >= 4 is 40.3 Å². The third-order valence-electron chi connectivity index (χ3n) is 3.95. The molecule has 0 unspecified atom stereocenters. The molecule has 6 heteroatoms. The lowest BCUT2D eigenvalue weighted by Gasteiger charge is -2.11. The summed E-state index contributed by atoms with van der Waals surface area (Å²) in [6.07, 6.45) is 2.62. The minimum Gasteiger partial charge on any atom is -0.493 e. The van der Waals surface area contributed by atoms with Crippen molar-refractivity contribution in [1.82, 2.24) is 4.90 Å². The highest BCUT2D eigenvalue weighted by Crippen LogP contribution is 2.34. The molecule has 4 nitrogen and oxygen atoms in total. The SMILES string of the molecule is CCN1C(=O)/C(=C/c2ccccc2OCCCOc2ccccc2)SC1=S. The number of nitrogens with zero attached hydrogens (tertiary/aromatic N) is 1. The molecule has 1 saturated heterocycles. The van der Waals surface area contributed by atoms with Gasteiger partial charge in [-0.15, -0.1) is 0 Å². The van der Waals surface area contributed by atoms with Crippen LogP contribution in [0.2, 0.25) is 0 Å². The maximum Gasteiger partial charge on any atom is 0.266 e. The van der Waals surface area contributed by atoms with Gasteiger partial charge in [-0.2, -0.15) is 0 Å². The molecule has 2 aromatic carbocycles. The van der Waals surface area contributed by atoms with Crippen molar-refractivity contribution in [3.05, 3.63) is 65.1 Å². The summed E-state index contributed by atoms with van der Waals surface area (Å²) in [7, 11) is 0. The first-order valence-corrected chi connectivity index (χ1v) is 10.1. The highest BCUT2D eigenvalue weighted by molar-refractivity contribution is 8.26. The van der Waals surface area contributed by atoms with Gasteiger partial charge in [0, 0.05) is 18.5 Å². The predicted molar refractivity (Wildman–Crippen MR) is 114 cm³/mol. The average molecular weight is 400 g/mol. The first-order valence-electron chi connectivity index (χ1n) is 8.84. The van der Waals surface area contributed by atoms with Crippen LogP contribution in [0.25, 0.3) is 6.08 Å². The number of rotatable bonds is 8. The van der Waals surface area contributed by atoms with Gasteiger partial charge in [-0.1, -0.05) is 60.4 Å². The van der Waals surface area contributed by atoms with E-state index in [2.05, 4.69) is 0 Å². The van der Waals surface area contributed by atoms with Crippen molar-refractivity contribution in [3.63, 3.8) is 0 Å². The number of benzene rings is 2. The smallest absolute Gasteiger partial charge is 0.266 e. The van der Waals surface area contributed by atoms with E-state index in [1.165, 1.54) is 11.8 Å². The molecule has 0 radical (unpaired) electrons. The van der Waals surface area contributed by atoms with Gasteiger partial charge < -0.3 is 9.47 Å². The van der Waals surface area contributed by atoms with Crippen molar-refractivity contribution in [2.45, 2.75) is 13.3 Å². The largest absolute Gasteiger partial charge is 0.493 e. The molecule has 1 aliphatic rings. The number of carbonyl (C=O) groups excluding carboxylic acids is 1. The first kappa shape index (κ1) is 19.5. The molecule has 0 bridgehead atoms. The van der Waals surface area contributed by atoms with Crippen molar-refractivity contribution < 1.29 is 14.3 Å². The minimum absolute atomic E-state index is 0.0430. The zero-order valence-corrected chi connectivity index (χ0v) is 16.7. The Morgan fingerprint density at radius 2 is 1.74 bits per heavy atom. The summed E-state index contributed by atoms with van der Waals surface area (Å²) in [5.74, 6) is 1.56. The molecule has 0 aliphatic carbocycles. The highest BCUT2D eigenvalue weighted by atomic mass is 32.2. The van der Waals surface area contributed by atoms with Gasteiger partial charge in [-0.05, 0) is 31.2 Å².